The van der Waals surface area contributed by atoms with Gasteiger partial charge in [0.25, 0.3) is 0 Å². The van der Waals surface area contributed by atoms with Crippen molar-refractivity contribution in [3.05, 3.63) is 38.5 Å². The minimum atomic E-state index is 0. The van der Waals surface area contributed by atoms with Crippen molar-refractivity contribution in [2.45, 2.75) is 39.2 Å². The molecule has 0 amide bonds. The number of thiophene rings is 1. The first-order valence-corrected chi connectivity index (χ1v) is 8.72. The molecule has 0 aliphatic heterocycles. The van der Waals surface area contributed by atoms with Gasteiger partial charge in [0, 0.05) is 22.2 Å². The molecule has 2 aromatic rings. The van der Waals surface area contributed by atoms with Gasteiger partial charge in [0.05, 0.1) is 12.2 Å². The number of hydrogen-bond acceptors (Lipinski definition) is 4. The topological polar surface area (TPSA) is 63.3 Å². The molecule has 2 aromatic heterocycles. The van der Waals surface area contributed by atoms with E-state index in [0.717, 1.165) is 23.7 Å². The van der Waals surface area contributed by atoms with E-state index in [0.29, 0.717) is 12.5 Å². The lowest BCUT2D eigenvalue weighted by atomic mass is 9.93. The number of hydrogen-bond donors (Lipinski definition) is 2. The van der Waals surface area contributed by atoms with Crippen LogP contribution >= 0.6 is 46.7 Å². The molecule has 0 unspecified atom stereocenters. The predicted molar refractivity (Wildman–Crippen MR) is 108 cm³/mol. The van der Waals surface area contributed by atoms with Crippen LogP contribution in [0.1, 0.15) is 36.3 Å². The van der Waals surface area contributed by atoms with E-state index in [1.54, 1.807) is 22.7 Å². The van der Waals surface area contributed by atoms with Crippen LogP contribution in [0.15, 0.2) is 27.9 Å². The summed E-state index contributed by atoms with van der Waals surface area (Å²) in [5.74, 6) is 0.485. The van der Waals surface area contributed by atoms with Crippen molar-refractivity contribution < 1.29 is 0 Å². The van der Waals surface area contributed by atoms with E-state index in [4.69, 9.17) is 5.73 Å². The molecule has 0 saturated heterocycles. The quantitative estimate of drug-likeness (QED) is 0.414. The second-order valence-corrected chi connectivity index (χ2v) is 7.81. The standard InChI is InChI=1S/C15H22N4S2.HI/c1-15(2,3)12-10-21-13(19-12)9-18-14(16)17-7-6-11-5-4-8-20-11;/h4-5,8,10H,6-7,9H2,1-3H3,(H3,16,17,18);1H. The maximum atomic E-state index is 5.87. The molecule has 0 saturated carbocycles. The summed E-state index contributed by atoms with van der Waals surface area (Å²) in [6.07, 6.45) is 0.972. The Morgan fingerprint density at radius 2 is 2.14 bits per heavy atom. The fourth-order valence-electron chi connectivity index (χ4n) is 1.71. The molecule has 0 fully saturated rings. The molecule has 0 aliphatic carbocycles. The highest BCUT2D eigenvalue weighted by Crippen LogP contribution is 2.24. The van der Waals surface area contributed by atoms with E-state index < -0.39 is 0 Å². The normalized spacial score (nSPS) is 12.0. The summed E-state index contributed by atoms with van der Waals surface area (Å²) in [4.78, 5) is 10.3. The van der Waals surface area contributed by atoms with Crippen LogP contribution in [-0.2, 0) is 18.4 Å². The van der Waals surface area contributed by atoms with Gasteiger partial charge in [-0.3, -0.25) is 0 Å². The van der Waals surface area contributed by atoms with Gasteiger partial charge in [-0.2, -0.15) is 0 Å². The van der Waals surface area contributed by atoms with E-state index in [2.05, 4.69) is 59.0 Å². The van der Waals surface area contributed by atoms with Crippen molar-refractivity contribution in [1.29, 1.82) is 0 Å². The monoisotopic (exact) mass is 450 g/mol. The molecule has 4 nitrogen and oxygen atoms in total. The van der Waals surface area contributed by atoms with E-state index in [9.17, 15) is 0 Å². The van der Waals surface area contributed by atoms with Crippen LogP contribution in [0.2, 0.25) is 0 Å². The number of thiazole rings is 1. The summed E-state index contributed by atoms with van der Waals surface area (Å²) in [7, 11) is 0. The number of aliphatic imine (C=N–C) groups is 1. The lowest BCUT2D eigenvalue weighted by Crippen LogP contribution is -2.33. The molecule has 7 heteroatoms. The van der Waals surface area contributed by atoms with E-state index in [1.165, 1.54) is 4.88 Å². The van der Waals surface area contributed by atoms with Gasteiger partial charge in [0.2, 0.25) is 0 Å². The van der Waals surface area contributed by atoms with Gasteiger partial charge in [0.15, 0.2) is 5.96 Å². The minimum absolute atomic E-state index is 0. The lowest BCUT2D eigenvalue weighted by molar-refractivity contribution is 0.571. The zero-order valence-electron chi connectivity index (χ0n) is 13.1. The van der Waals surface area contributed by atoms with Crippen molar-refractivity contribution >= 4 is 52.6 Å². The molecule has 22 heavy (non-hydrogen) atoms. The fraction of sp³-hybridized carbons (Fsp3) is 0.467. The van der Waals surface area contributed by atoms with Gasteiger partial charge in [-0.15, -0.1) is 46.7 Å². The Morgan fingerprint density at radius 3 is 2.73 bits per heavy atom. The second kappa shape index (κ2) is 8.83. The van der Waals surface area contributed by atoms with Crippen molar-refractivity contribution in [3.63, 3.8) is 0 Å². The smallest absolute Gasteiger partial charge is 0.189 e. The maximum Gasteiger partial charge on any atom is 0.189 e. The van der Waals surface area contributed by atoms with Crippen LogP contribution in [0, 0.1) is 0 Å². The Kier molecular flexibility index (Phi) is 7.78. The molecular weight excluding hydrogens is 427 g/mol. The van der Waals surface area contributed by atoms with Crippen LogP contribution in [0.4, 0.5) is 0 Å². The van der Waals surface area contributed by atoms with E-state index in [-0.39, 0.29) is 29.4 Å². The largest absolute Gasteiger partial charge is 0.370 e. The van der Waals surface area contributed by atoms with Gasteiger partial charge in [-0.1, -0.05) is 26.8 Å². The summed E-state index contributed by atoms with van der Waals surface area (Å²) < 4.78 is 0. The van der Waals surface area contributed by atoms with Crippen LogP contribution in [0.5, 0.6) is 0 Å². The molecule has 2 heterocycles. The van der Waals surface area contributed by atoms with Crippen molar-refractivity contribution in [2.24, 2.45) is 10.7 Å². The third kappa shape index (κ3) is 6.21. The molecule has 0 spiro atoms. The minimum Gasteiger partial charge on any atom is -0.370 e. The number of nitrogens with two attached hydrogens (primary N) is 1. The summed E-state index contributed by atoms with van der Waals surface area (Å²) in [5, 5.41) is 8.33. The summed E-state index contributed by atoms with van der Waals surface area (Å²) >= 11 is 3.40. The number of nitrogens with zero attached hydrogens (tertiary/aromatic N) is 2. The van der Waals surface area contributed by atoms with Crippen LogP contribution < -0.4 is 11.1 Å². The Hall–Kier alpha value is -0.670. The number of guanidine groups is 1. The molecule has 0 atom stereocenters. The lowest BCUT2D eigenvalue weighted by Gasteiger charge is -2.14. The molecule has 122 valence electrons. The van der Waals surface area contributed by atoms with Gasteiger partial charge in [0.1, 0.15) is 5.01 Å². The number of nitrogens with one attached hydrogen (secondary N) is 1. The summed E-state index contributed by atoms with van der Waals surface area (Å²) in [6.45, 7) is 7.83. The van der Waals surface area contributed by atoms with Crippen LogP contribution in [-0.4, -0.2) is 17.5 Å². The first kappa shape index (κ1) is 19.4. The Morgan fingerprint density at radius 1 is 1.36 bits per heavy atom. The average Bonchev–Trinajstić information content (AvgIpc) is 3.06. The van der Waals surface area contributed by atoms with Crippen LogP contribution in [0.3, 0.4) is 0 Å². The molecular formula is C15H23IN4S2. The maximum absolute atomic E-state index is 5.87. The highest BCUT2D eigenvalue weighted by atomic mass is 127. The fourth-order valence-corrected chi connectivity index (χ4v) is 3.36. The van der Waals surface area contributed by atoms with Crippen molar-refractivity contribution in [3.8, 4) is 0 Å². The highest BCUT2D eigenvalue weighted by molar-refractivity contribution is 14.0. The van der Waals surface area contributed by atoms with Gasteiger partial charge in [-0.25, -0.2) is 9.98 Å². The van der Waals surface area contributed by atoms with Gasteiger partial charge < -0.3 is 11.1 Å². The average molecular weight is 450 g/mol. The summed E-state index contributed by atoms with van der Waals surface area (Å²) in [6, 6.07) is 4.19. The molecule has 0 bridgehead atoms. The number of halogens is 1. The Bertz CT molecular complexity index is 585. The third-order valence-corrected chi connectivity index (χ3v) is 4.73. The van der Waals surface area contributed by atoms with E-state index >= 15 is 0 Å². The van der Waals surface area contributed by atoms with E-state index in [1.807, 2.05) is 0 Å². The first-order valence-electron chi connectivity index (χ1n) is 6.96. The Labute approximate surface area is 157 Å². The van der Waals surface area contributed by atoms with Crippen LogP contribution in [0.25, 0.3) is 0 Å². The van der Waals surface area contributed by atoms with Gasteiger partial charge in [-0.05, 0) is 17.9 Å². The highest BCUT2D eigenvalue weighted by Gasteiger charge is 2.17. The number of aromatic nitrogens is 1. The SMILES string of the molecule is CC(C)(C)c1csc(CN=C(N)NCCc2cccs2)n1.I. The molecule has 2 rings (SSSR count). The molecule has 0 aromatic carbocycles. The molecule has 3 N–H and O–H groups in total. The third-order valence-electron chi connectivity index (χ3n) is 2.96. The number of rotatable bonds is 5. The second-order valence-electron chi connectivity index (χ2n) is 5.83. The first-order chi connectivity index (χ1) is 9.95. The Balaban J connectivity index is 0.00000242. The zero-order chi connectivity index (χ0) is 15.3. The summed E-state index contributed by atoms with van der Waals surface area (Å²) in [5.41, 5.74) is 7.07. The molecule has 0 radical (unpaired) electrons. The molecule has 0 aliphatic rings. The zero-order valence-corrected chi connectivity index (χ0v) is 17.1. The van der Waals surface area contributed by atoms with Gasteiger partial charge >= 0.3 is 0 Å². The van der Waals surface area contributed by atoms with Crippen molar-refractivity contribution in [1.82, 2.24) is 10.3 Å². The van der Waals surface area contributed by atoms with Crippen molar-refractivity contribution in [2.75, 3.05) is 6.54 Å². The predicted octanol–water partition coefficient (Wildman–Crippen LogP) is 3.77.